The number of hydrogen-bond donors (Lipinski definition) is 0. The number of thioether (sulfide) groups is 1. The summed E-state index contributed by atoms with van der Waals surface area (Å²) < 4.78 is 2.32. The van der Waals surface area contributed by atoms with Gasteiger partial charge in [0.25, 0.3) is 0 Å². The van der Waals surface area contributed by atoms with Gasteiger partial charge in [0.2, 0.25) is 0 Å². The van der Waals surface area contributed by atoms with E-state index in [0.29, 0.717) is 0 Å². The lowest BCUT2D eigenvalue weighted by atomic mass is 10.1. The number of nitrogens with zero attached hydrogens (tertiary/aromatic N) is 2. The molecule has 4 rings (SSSR count). The Morgan fingerprint density at radius 1 is 0.905 bits per heavy atom. The molecule has 0 aliphatic carbocycles. The highest BCUT2D eigenvalue weighted by atomic mass is 32.2. The summed E-state index contributed by atoms with van der Waals surface area (Å²) >= 11 is 1.79. The zero-order valence-corrected chi connectivity index (χ0v) is 13.2. The van der Waals surface area contributed by atoms with E-state index in [1.807, 2.05) is 0 Å². The lowest BCUT2D eigenvalue weighted by Crippen LogP contribution is -1.95. The van der Waals surface area contributed by atoms with E-state index in [1.54, 1.807) is 11.8 Å². The molecule has 21 heavy (non-hydrogen) atoms. The standard InChI is InChI=1S/C18H16N2S/c1-11-12(2)20-17-14(9-6-10-16(17)21-3)13-7-4-5-8-15(13)18(20)19-11/h4-10H,1-3H3. The molecule has 4 aromatic rings. The van der Waals surface area contributed by atoms with E-state index < -0.39 is 0 Å². The van der Waals surface area contributed by atoms with Gasteiger partial charge in [0.15, 0.2) is 0 Å². The van der Waals surface area contributed by atoms with Gasteiger partial charge in [-0.1, -0.05) is 36.4 Å². The summed E-state index contributed by atoms with van der Waals surface area (Å²) in [4.78, 5) is 6.12. The second kappa shape index (κ2) is 4.50. The van der Waals surface area contributed by atoms with Crippen molar-refractivity contribution in [1.82, 2.24) is 9.38 Å². The molecule has 0 fully saturated rings. The Bertz CT molecular complexity index is 999. The van der Waals surface area contributed by atoms with Crippen LogP contribution >= 0.6 is 11.8 Å². The molecule has 0 aliphatic rings. The zero-order valence-electron chi connectivity index (χ0n) is 12.3. The molecule has 2 heterocycles. The van der Waals surface area contributed by atoms with E-state index in [0.717, 1.165) is 11.3 Å². The molecule has 0 saturated carbocycles. The summed E-state index contributed by atoms with van der Waals surface area (Å²) in [7, 11) is 0. The Kier molecular flexibility index (Phi) is 2.73. The van der Waals surface area contributed by atoms with Crippen LogP contribution in [0, 0.1) is 13.8 Å². The molecule has 2 nitrogen and oxygen atoms in total. The van der Waals surface area contributed by atoms with Crippen molar-refractivity contribution >= 4 is 39.1 Å². The number of aromatic nitrogens is 2. The molecular weight excluding hydrogens is 276 g/mol. The number of hydrogen-bond acceptors (Lipinski definition) is 2. The van der Waals surface area contributed by atoms with Crippen LogP contribution in [0.15, 0.2) is 47.4 Å². The molecule has 2 aromatic carbocycles. The normalized spacial score (nSPS) is 11.8. The maximum atomic E-state index is 4.82. The predicted molar refractivity (Wildman–Crippen MR) is 91.5 cm³/mol. The Morgan fingerprint density at radius 2 is 1.62 bits per heavy atom. The molecule has 0 aliphatic heterocycles. The molecule has 0 atom stereocenters. The zero-order chi connectivity index (χ0) is 14.6. The van der Waals surface area contributed by atoms with Crippen molar-refractivity contribution in [3.05, 3.63) is 53.9 Å². The van der Waals surface area contributed by atoms with Gasteiger partial charge in [-0.25, -0.2) is 4.98 Å². The second-order valence-corrected chi connectivity index (χ2v) is 6.19. The molecule has 104 valence electrons. The molecule has 0 unspecified atom stereocenters. The van der Waals surface area contributed by atoms with Crippen molar-refractivity contribution in [3.63, 3.8) is 0 Å². The smallest absolute Gasteiger partial charge is 0.145 e. The van der Waals surface area contributed by atoms with E-state index >= 15 is 0 Å². The van der Waals surface area contributed by atoms with Crippen LogP contribution in [-0.2, 0) is 0 Å². The van der Waals surface area contributed by atoms with Crippen LogP contribution in [0.2, 0.25) is 0 Å². The fourth-order valence-electron chi connectivity index (χ4n) is 3.11. The minimum absolute atomic E-state index is 1.06. The summed E-state index contributed by atoms with van der Waals surface area (Å²) in [5.74, 6) is 0. The van der Waals surface area contributed by atoms with Crippen LogP contribution in [0.4, 0.5) is 0 Å². The fourth-order valence-corrected chi connectivity index (χ4v) is 3.72. The molecule has 0 amide bonds. The van der Waals surface area contributed by atoms with Gasteiger partial charge < -0.3 is 0 Å². The Labute approximate surface area is 127 Å². The molecule has 0 radical (unpaired) electrons. The molecule has 3 heteroatoms. The molecule has 0 bridgehead atoms. The Hall–Kier alpha value is -2.00. The van der Waals surface area contributed by atoms with Gasteiger partial charge in [-0.2, -0.15) is 0 Å². The van der Waals surface area contributed by atoms with Crippen LogP contribution in [0.1, 0.15) is 11.4 Å². The van der Waals surface area contributed by atoms with E-state index in [2.05, 4.69) is 67.0 Å². The van der Waals surface area contributed by atoms with Crippen molar-refractivity contribution in [2.45, 2.75) is 18.7 Å². The van der Waals surface area contributed by atoms with Crippen molar-refractivity contribution in [2.24, 2.45) is 0 Å². The summed E-state index contributed by atoms with van der Waals surface area (Å²) in [6, 6.07) is 15.1. The summed E-state index contributed by atoms with van der Waals surface area (Å²) in [6.45, 7) is 4.24. The van der Waals surface area contributed by atoms with Gasteiger partial charge in [-0.3, -0.25) is 4.40 Å². The van der Waals surface area contributed by atoms with Crippen LogP contribution in [0.3, 0.4) is 0 Å². The monoisotopic (exact) mass is 292 g/mol. The lowest BCUT2D eigenvalue weighted by molar-refractivity contribution is 1.13. The van der Waals surface area contributed by atoms with Gasteiger partial charge >= 0.3 is 0 Å². The average Bonchev–Trinajstić information content (AvgIpc) is 2.83. The minimum Gasteiger partial charge on any atom is -0.295 e. The third kappa shape index (κ3) is 1.64. The van der Waals surface area contributed by atoms with Crippen LogP contribution < -0.4 is 0 Å². The summed E-state index contributed by atoms with van der Waals surface area (Å²) in [6.07, 6.45) is 2.13. The maximum absolute atomic E-state index is 4.82. The van der Waals surface area contributed by atoms with Gasteiger partial charge in [0.1, 0.15) is 5.65 Å². The number of fused-ring (bicyclic) bond motifs is 6. The van der Waals surface area contributed by atoms with Crippen LogP contribution in [-0.4, -0.2) is 15.6 Å². The van der Waals surface area contributed by atoms with E-state index in [4.69, 9.17) is 4.98 Å². The van der Waals surface area contributed by atoms with Crippen molar-refractivity contribution in [2.75, 3.05) is 6.26 Å². The largest absolute Gasteiger partial charge is 0.295 e. The average molecular weight is 292 g/mol. The summed E-state index contributed by atoms with van der Waals surface area (Å²) in [5, 5.41) is 3.80. The topological polar surface area (TPSA) is 17.3 Å². The number of rotatable bonds is 1. The fraction of sp³-hybridized carbons (Fsp3) is 0.167. The van der Waals surface area contributed by atoms with Crippen molar-refractivity contribution < 1.29 is 0 Å². The number of benzene rings is 2. The SMILES string of the molecule is CSc1cccc2c3ccccc3c3nc(C)c(C)n3c12. The highest BCUT2D eigenvalue weighted by molar-refractivity contribution is 7.98. The van der Waals surface area contributed by atoms with Gasteiger partial charge in [-0.15, -0.1) is 11.8 Å². The first-order valence-electron chi connectivity index (χ1n) is 7.05. The lowest BCUT2D eigenvalue weighted by Gasteiger charge is -2.12. The highest BCUT2D eigenvalue weighted by Gasteiger charge is 2.15. The number of para-hydroxylation sites is 1. The molecule has 0 saturated heterocycles. The maximum Gasteiger partial charge on any atom is 0.145 e. The molecule has 0 N–H and O–H groups in total. The Morgan fingerprint density at radius 3 is 2.38 bits per heavy atom. The highest BCUT2D eigenvalue weighted by Crippen LogP contribution is 2.35. The number of imidazole rings is 1. The van der Waals surface area contributed by atoms with Crippen LogP contribution in [0.5, 0.6) is 0 Å². The minimum atomic E-state index is 1.06. The first-order valence-corrected chi connectivity index (χ1v) is 8.28. The predicted octanol–water partition coefficient (Wildman–Crippen LogP) is 4.98. The van der Waals surface area contributed by atoms with Gasteiger partial charge in [0, 0.05) is 21.4 Å². The third-order valence-corrected chi connectivity index (χ3v) is 5.01. The number of aryl methyl sites for hydroxylation is 2. The Balaban J connectivity index is 2.45. The van der Waals surface area contributed by atoms with Gasteiger partial charge in [0.05, 0.1) is 11.2 Å². The number of pyridine rings is 1. The van der Waals surface area contributed by atoms with E-state index in [9.17, 15) is 0 Å². The second-order valence-electron chi connectivity index (χ2n) is 5.34. The third-order valence-electron chi connectivity index (χ3n) is 4.25. The van der Waals surface area contributed by atoms with Crippen molar-refractivity contribution in [3.8, 4) is 0 Å². The molecular formula is C18H16N2S. The van der Waals surface area contributed by atoms with E-state index in [1.165, 1.54) is 32.3 Å². The van der Waals surface area contributed by atoms with E-state index in [-0.39, 0.29) is 0 Å². The quantitative estimate of drug-likeness (QED) is 0.363. The first kappa shape index (κ1) is 12.7. The van der Waals surface area contributed by atoms with Crippen LogP contribution in [0.25, 0.3) is 27.3 Å². The molecule has 2 aromatic heterocycles. The first-order chi connectivity index (χ1) is 10.2. The van der Waals surface area contributed by atoms with Crippen molar-refractivity contribution in [1.29, 1.82) is 0 Å². The summed E-state index contributed by atoms with van der Waals surface area (Å²) in [5.41, 5.74) is 4.66. The molecule has 0 spiro atoms. The van der Waals surface area contributed by atoms with Gasteiger partial charge in [-0.05, 0) is 31.6 Å².